The molecular formula is C15H24N2O2. The number of carbonyl (C=O) groups excluding carboxylic acids is 1. The first-order valence-electron chi connectivity index (χ1n) is 7.08. The van der Waals surface area contributed by atoms with Gasteiger partial charge in [-0.2, -0.15) is 0 Å². The Hall–Kier alpha value is -1.45. The molecule has 0 aliphatic heterocycles. The second kappa shape index (κ2) is 5.68. The molecule has 4 heteroatoms. The molecule has 1 fully saturated rings. The summed E-state index contributed by atoms with van der Waals surface area (Å²) in [5, 5.41) is 3.03. The number of ether oxygens (including phenoxy) is 1. The molecule has 1 amide bonds. The van der Waals surface area contributed by atoms with E-state index in [1.807, 2.05) is 32.9 Å². The number of hydrogen-bond donors (Lipinski definition) is 1. The Morgan fingerprint density at radius 3 is 2.47 bits per heavy atom. The van der Waals surface area contributed by atoms with Crippen molar-refractivity contribution in [2.24, 2.45) is 0 Å². The van der Waals surface area contributed by atoms with Gasteiger partial charge in [0.05, 0.1) is 12.1 Å². The van der Waals surface area contributed by atoms with Crippen molar-refractivity contribution in [1.82, 2.24) is 9.88 Å². The maximum atomic E-state index is 11.9. The molecule has 1 saturated carbocycles. The van der Waals surface area contributed by atoms with Gasteiger partial charge in [0.15, 0.2) is 0 Å². The summed E-state index contributed by atoms with van der Waals surface area (Å²) in [5.74, 6) is 0. The fraction of sp³-hybridized carbons (Fsp3) is 0.667. The molecule has 2 rings (SSSR count). The molecule has 0 bridgehead atoms. The van der Waals surface area contributed by atoms with Gasteiger partial charge in [0, 0.05) is 12.4 Å². The van der Waals surface area contributed by atoms with Crippen LogP contribution >= 0.6 is 0 Å². The van der Waals surface area contributed by atoms with Crippen molar-refractivity contribution in [3.63, 3.8) is 0 Å². The topological polar surface area (TPSA) is 43.3 Å². The number of nitrogens with one attached hydrogen (secondary N) is 1. The maximum Gasteiger partial charge on any atom is 0.407 e. The van der Waals surface area contributed by atoms with Crippen LogP contribution in [-0.2, 0) is 4.74 Å². The lowest BCUT2D eigenvalue weighted by atomic mass is 9.90. The molecule has 0 unspecified atom stereocenters. The van der Waals surface area contributed by atoms with Gasteiger partial charge in [0.25, 0.3) is 0 Å². The maximum absolute atomic E-state index is 11.9. The molecular weight excluding hydrogens is 240 g/mol. The van der Waals surface area contributed by atoms with Crippen molar-refractivity contribution in [3.05, 3.63) is 24.5 Å². The molecule has 1 aliphatic carbocycles. The molecule has 4 nitrogen and oxygen atoms in total. The predicted molar refractivity (Wildman–Crippen MR) is 75.1 cm³/mol. The van der Waals surface area contributed by atoms with Crippen LogP contribution < -0.4 is 5.32 Å². The normalized spacial score (nSPS) is 23.9. The first-order valence-corrected chi connectivity index (χ1v) is 7.08. The van der Waals surface area contributed by atoms with Gasteiger partial charge < -0.3 is 14.6 Å². The van der Waals surface area contributed by atoms with Crippen LogP contribution in [0.1, 0.15) is 52.5 Å². The van der Waals surface area contributed by atoms with Crippen LogP contribution in [0.5, 0.6) is 0 Å². The first-order chi connectivity index (χ1) is 8.96. The monoisotopic (exact) mass is 264 g/mol. The van der Waals surface area contributed by atoms with Crippen molar-refractivity contribution in [2.45, 2.75) is 64.1 Å². The number of hydrogen-bond acceptors (Lipinski definition) is 2. The van der Waals surface area contributed by atoms with Crippen LogP contribution in [-0.4, -0.2) is 22.3 Å². The van der Waals surface area contributed by atoms with Crippen molar-refractivity contribution in [3.8, 4) is 0 Å². The third kappa shape index (κ3) is 4.01. The van der Waals surface area contributed by atoms with E-state index in [0.717, 1.165) is 19.3 Å². The number of nitrogens with zero attached hydrogens (tertiary/aromatic N) is 1. The third-order valence-corrected chi connectivity index (χ3v) is 3.44. The van der Waals surface area contributed by atoms with Crippen molar-refractivity contribution in [1.29, 1.82) is 0 Å². The van der Waals surface area contributed by atoms with Gasteiger partial charge in [-0.3, -0.25) is 0 Å². The van der Waals surface area contributed by atoms with Gasteiger partial charge in [-0.25, -0.2) is 4.79 Å². The summed E-state index contributed by atoms with van der Waals surface area (Å²) in [4.78, 5) is 11.9. The highest BCUT2D eigenvalue weighted by molar-refractivity contribution is 5.68. The highest BCUT2D eigenvalue weighted by atomic mass is 16.6. The zero-order chi connectivity index (χ0) is 13.9. The number of aromatic nitrogens is 1. The summed E-state index contributed by atoms with van der Waals surface area (Å²) < 4.78 is 7.54. The second-order valence-electron chi connectivity index (χ2n) is 6.23. The van der Waals surface area contributed by atoms with E-state index in [4.69, 9.17) is 4.74 Å². The molecule has 0 radical (unpaired) electrons. The van der Waals surface area contributed by atoms with Gasteiger partial charge >= 0.3 is 6.09 Å². The minimum atomic E-state index is -0.443. The fourth-order valence-electron chi connectivity index (χ4n) is 2.66. The van der Waals surface area contributed by atoms with E-state index in [9.17, 15) is 4.79 Å². The Labute approximate surface area is 115 Å². The van der Waals surface area contributed by atoms with E-state index in [-0.39, 0.29) is 12.1 Å². The summed E-state index contributed by atoms with van der Waals surface area (Å²) in [7, 11) is 0. The lowest BCUT2D eigenvalue weighted by Crippen LogP contribution is -2.44. The van der Waals surface area contributed by atoms with Crippen LogP contribution in [0.4, 0.5) is 4.79 Å². The highest BCUT2D eigenvalue weighted by Crippen LogP contribution is 2.29. The molecule has 1 heterocycles. The Balaban J connectivity index is 1.98. The molecule has 19 heavy (non-hydrogen) atoms. The number of amides is 1. The van der Waals surface area contributed by atoms with Gasteiger partial charge in [0.1, 0.15) is 5.60 Å². The standard InChI is InChI=1S/C15H24N2O2/c1-15(2,3)19-14(18)16-12-8-4-5-9-13(12)17-10-6-7-11-17/h6-7,10-13H,4-5,8-9H2,1-3H3,(H,16,18)/t12-,13-/m1/s1. The van der Waals surface area contributed by atoms with Crippen LogP contribution in [0, 0.1) is 0 Å². The third-order valence-electron chi connectivity index (χ3n) is 3.44. The summed E-state index contributed by atoms with van der Waals surface area (Å²) in [5.41, 5.74) is -0.443. The Morgan fingerprint density at radius 2 is 1.84 bits per heavy atom. The predicted octanol–water partition coefficient (Wildman–Crippen LogP) is 3.50. The van der Waals surface area contributed by atoms with E-state index in [0.29, 0.717) is 6.04 Å². The van der Waals surface area contributed by atoms with E-state index in [1.54, 1.807) is 0 Å². The SMILES string of the molecule is CC(C)(C)OC(=O)N[C@@H]1CCCC[C@H]1n1cccc1. The van der Waals surface area contributed by atoms with Gasteiger partial charge in [-0.15, -0.1) is 0 Å². The second-order valence-corrected chi connectivity index (χ2v) is 6.23. The zero-order valence-electron chi connectivity index (χ0n) is 12.1. The van der Waals surface area contributed by atoms with Crippen LogP contribution in [0.15, 0.2) is 24.5 Å². The average Bonchev–Trinajstić information content (AvgIpc) is 2.80. The minimum Gasteiger partial charge on any atom is -0.444 e. The van der Waals surface area contributed by atoms with Gasteiger partial charge in [-0.1, -0.05) is 12.8 Å². The molecule has 106 valence electrons. The van der Waals surface area contributed by atoms with Crippen molar-refractivity contribution < 1.29 is 9.53 Å². The molecule has 0 spiro atoms. The number of alkyl carbamates (subject to hydrolysis) is 1. The average molecular weight is 264 g/mol. The van der Waals surface area contributed by atoms with Crippen molar-refractivity contribution in [2.75, 3.05) is 0 Å². The van der Waals surface area contributed by atoms with Crippen molar-refractivity contribution >= 4 is 6.09 Å². The number of rotatable bonds is 2. The Kier molecular flexibility index (Phi) is 4.17. The van der Waals surface area contributed by atoms with E-state index in [1.165, 1.54) is 6.42 Å². The molecule has 0 saturated heterocycles. The molecule has 1 aromatic heterocycles. The van der Waals surface area contributed by atoms with E-state index in [2.05, 4.69) is 22.3 Å². The quantitative estimate of drug-likeness (QED) is 0.888. The first kappa shape index (κ1) is 14.0. The Morgan fingerprint density at radius 1 is 1.21 bits per heavy atom. The molecule has 2 atom stereocenters. The lowest BCUT2D eigenvalue weighted by Gasteiger charge is -2.33. The van der Waals surface area contributed by atoms with Gasteiger partial charge in [0.2, 0.25) is 0 Å². The van der Waals surface area contributed by atoms with Crippen LogP contribution in [0.2, 0.25) is 0 Å². The molecule has 1 N–H and O–H groups in total. The van der Waals surface area contributed by atoms with E-state index >= 15 is 0 Å². The summed E-state index contributed by atoms with van der Waals surface area (Å²) in [6.07, 6.45) is 8.33. The smallest absolute Gasteiger partial charge is 0.407 e. The highest BCUT2D eigenvalue weighted by Gasteiger charge is 2.28. The fourth-order valence-corrected chi connectivity index (χ4v) is 2.66. The largest absolute Gasteiger partial charge is 0.444 e. The molecule has 0 aromatic carbocycles. The lowest BCUT2D eigenvalue weighted by molar-refractivity contribution is 0.0472. The summed E-state index contributed by atoms with van der Waals surface area (Å²) >= 11 is 0. The summed E-state index contributed by atoms with van der Waals surface area (Å²) in [6, 6.07) is 4.56. The Bertz CT molecular complexity index is 406. The minimum absolute atomic E-state index is 0.163. The molecule has 1 aliphatic rings. The van der Waals surface area contributed by atoms with Gasteiger partial charge in [-0.05, 0) is 45.7 Å². The molecule has 1 aromatic rings. The zero-order valence-corrected chi connectivity index (χ0v) is 12.1. The van der Waals surface area contributed by atoms with Crippen LogP contribution in [0.25, 0.3) is 0 Å². The van der Waals surface area contributed by atoms with Crippen LogP contribution in [0.3, 0.4) is 0 Å². The summed E-state index contributed by atoms with van der Waals surface area (Å²) in [6.45, 7) is 5.66. The van der Waals surface area contributed by atoms with E-state index < -0.39 is 5.60 Å². The number of carbonyl (C=O) groups is 1.